The zero-order chi connectivity index (χ0) is 16.4. The molecule has 3 amide bonds. The van der Waals surface area contributed by atoms with Gasteiger partial charge in [0, 0.05) is 18.7 Å². The van der Waals surface area contributed by atoms with Crippen LogP contribution in [0.5, 0.6) is 0 Å². The number of anilines is 2. The summed E-state index contributed by atoms with van der Waals surface area (Å²) in [5.74, 6) is -0.0783. The van der Waals surface area contributed by atoms with Gasteiger partial charge in [-0.15, -0.1) is 0 Å². The van der Waals surface area contributed by atoms with Gasteiger partial charge < -0.3 is 9.73 Å². The second-order valence-corrected chi connectivity index (χ2v) is 5.75. The van der Waals surface area contributed by atoms with Crippen LogP contribution in [0, 0.1) is 0 Å². The summed E-state index contributed by atoms with van der Waals surface area (Å²) in [6.45, 7) is 1.41. The maximum atomic E-state index is 12.4. The molecule has 116 valence electrons. The Morgan fingerprint density at radius 1 is 1.22 bits per heavy atom. The predicted octanol–water partition coefficient (Wildman–Crippen LogP) is 3.48. The van der Waals surface area contributed by atoms with Crippen LogP contribution in [0.4, 0.5) is 16.2 Å². The number of carbonyl (C=O) groups is 3. The van der Waals surface area contributed by atoms with Crippen LogP contribution in [0.25, 0.3) is 6.08 Å². The van der Waals surface area contributed by atoms with Gasteiger partial charge in [-0.1, -0.05) is 0 Å². The number of furan rings is 1. The third-order valence-corrected chi connectivity index (χ3v) is 3.93. The van der Waals surface area contributed by atoms with Crippen molar-refractivity contribution >= 4 is 46.3 Å². The van der Waals surface area contributed by atoms with Crippen molar-refractivity contribution < 1.29 is 18.8 Å². The lowest BCUT2D eigenvalue weighted by Crippen LogP contribution is -2.27. The monoisotopic (exact) mass is 328 g/mol. The highest BCUT2D eigenvalue weighted by Crippen LogP contribution is 2.36. The Bertz CT molecular complexity index is 794. The van der Waals surface area contributed by atoms with E-state index >= 15 is 0 Å². The Morgan fingerprint density at radius 3 is 2.57 bits per heavy atom. The summed E-state index contributed by atoms with van der Waals surface area (Å²) in [4.78, 5) is 36.9. The largest absolute Gasteiger partial charge is 0.465 e. The van der Waals surface area contributed by atoms with E-state index in [9.17, 15) is 14.4 Å². The predicted molar refractivity (Wildman–Crippen MR) is 87.9 cm³/mol. The van der Waals surface area contributed by atoms with Gasteiger partial charge in [0.2, 0.25) is 5.91 Å². The molecule has 0 bridgehead atoms. The normalized spacial score (nSPS) is 16.2. The molecule has 7 heteroatoms. The molecular formula is C16H12N2O4S. The van der Waals surface area contributed by atoms with Gasteiger partial charge in [0.25, 0.3) is 11.1 Å². The molecule has 1 fully saturated rings. The van der Waals surface area contributed by atoms with Gasteiger partial charge in [-0.3, -0.25) is 14.4 Å². The summed E-state index contributed by atoms with van der Waals surface area (Å²) < 4.78 is 5.16. The van der Waals surface area contributed by atoms with E-state index in [2.05, 4.69) is 5.32 Å². The average Bonchev–Trinajstić information content (AvgIpc) is 3.09. The van der Waals surface area contributed by atoms with E-state index in [1.165, 1.54) is 19.3 Å². The summed E-state index contributed by atoms with van der Waals surface area (Å²) in [7, 11) is 0. The first-order chi connectivity index (χ1) is 11.0. The summed E-state index contributed by atoms with van der Waals surface area (Å²) in [6, 6.07) is 9.90. The standard InChI is InChI=1S/C16H12N2O4S/c1-10(19)17-11-4-6-12(7-5-11)18-15(20)14(23-16(18)21)9-13-3-2-8-22-13/h2-9H,1H3,(H,17,19)/b14-9+. The molecule has 1 N–H and O–H groups in total. The van der Waals surface area contributed by atoms with Crippen LogP contribution in [-0.2, 0) is 9.59 Å². The Kier molecular flexibility index (Phi) is 4.03. The molecule has 3 rings (SSSR count). The first kappa shape index (κ1) is 15.1. The molecule has 2 heterocycles. The number of imide groups is 1. The lowest BCUT2D eigenvalue weighted by Gasteiger charge is -2.13. The van der Waals surface area contributed by atoms with Crippen molar-refractivity contribution in [3.8, 4) is 0 Å². The lowest BCUT2D eigenvalue weighted by atomic mass is 10.2. The summed E-state index contributed by atoms with van der Waals surface area (Å²) in [6.07, 6.45) is 3.04. The Hall–Kier alpha value is -2.80. The highest BCUT2D eigenvalue weighted by Gasteiger charge is 2.36. The van der Waals surface area contributed by atoms with E-state index in [1.807, 2.05) is 0 Å². The van der Waals surface area contributed by atoms with Crippen molar-refractivity contribution in [3.05, 3.63) is 53.3 Å². The van der Waals surface area contributed by atoms with Crippen molar-refractivity contribution in [2.45, 2.75) is 6.92 Å². The van der Waals surface area contributed by atoms with Crippen LogP contribution in [0.1, 0.15) is 12.7 Å². The number of hydrogen-bond donors (Lipinski definition) is 1. The zero-order valence-electron chi connectivity index (χ0n) is 12.1. The Morgan fingerprint density at radius 2 is 1.96 bits per heavy atom. The molecule has 1 saturated heterocycles. The quantitative estimate of drug-likeness (QED) is 0.873. The molecule has 1 aliphatic rings. The molecule has 0 atom stereocenters. The summed E-state index contributed by atoms with van der Waals surface area (Å²) in [5.41, 5.74) is 1.05. The molecule has 0 saturated carbocycles. The van der Waals surface area contributed by atoms with Crippen molar-refractivity contribution in [1.29, 1.82) is 0 Å². The van der Waals surface area contributed by atoms with E-state index in [0.29, 0.717) is 22.0 Å². The zero-order valence-corrected chi connectivity index (χ0v) is 12.9. The van der Waals surface area contributed by atoms with Gasteiger partial charge in [0.1, 0.15) is 5.76 Å². The Balaban J connectivity index is 1.84. The number of nitrogens with one attached hydrogen (secondary N) is 1. The maximum absolute atomic E-state index is 12.4. The number of thioether (sulfide) groups is 1. The van der Waals surface area contributed by atoms with Crippen molar-refractivity contribution in [2.24, 2.45) is 0 Å². The van der Waals surface area contributed by atoms with Gasteiger partial charge in [-0.05, 0) is 48.2 Å². The third-order valence-electron chi connectivity index (χ3n) is 3.06. The van der Waals surface area contributed by atoms with E-state index in [1.54, 1.807) is 36.4 Å². The summed E-state index contributed by atoms with van der Waals surface area (Å²) in [5, 5.41) is 2.25. The van der Waals surface area contributed by atoms with Crippen molar-refractivity contribution in [2.75, 3.05) is 10.2 Å². The summed E-state index contributed by atoms with van der Waals surface area (Å²) >= 11 is 0.859. The van der Waals surface area contributed by atoms with Gasteiger partial charge in [-0.2, -0.15) is 0 Å². The molecule has 0 aliphatic carbocycles. The smallest absolute Gasteiger partial charge is 0.298 e. The van der Waals surface area contributed by atoms with Gasteiger partial charge in [0.15, 0.2) is 0 Å². The first-order valence-corrected chi connectivity index (χ1v) is 7.55. The Labute approximate surface area is 136 Å². The second-order valence-electron chi connectivity index (χ2n) is 4.76. The first-order valence-electron chi connectivity index (χ1n) is 6.74. The molecule has 1 aliphatic heterocycles. The fourth-order valence-electron chi connectivity index (χ4n) is 2.09. The number of carbonyl (C=O) groups excluding carboxylic acids is 3. The number of benzene rings is 1. The lowest BCUT2D eigenvalue weighted by molar-refractivity contribution is -0.114. The van der Waals surface area contributed by atoms with Crippen LogP contribution in [0.15, 0.2) is 52.0 Å². The second kappa shape index (κ2) is 6.13. The van der Waals surface area contributed by atoms with Crippen LogP contribution < -0.4 is 10.2 Å². The number of hydrogen-bond acceptors (Lipinski definition) is 5. The van der Waals surface area contributed by atoms with Gasteiger partial charge in [0.05, 0.1) is 16.9 Å². The molecule has 1 aromatic heterocycles. The SMILES string of the molecule is CC(=O)Nc1ccc(N2C(=O)S/C(=C/c3ccco3)C2=O)cc1. The minimum atomic E-state index is -0.399. The molecule has 0 radical (unpaired) electrons. The van der Waals surface area contributed by atoms with Crippen LogP contribution in [-0.4, -0.2) is 17.1 Å². The molecule has 6 nitrogen and oxygen atoms in total. The van der Waals surface area contributed by atoms with E-state index in [-0.39, 0.29) is 11.1 Å². The van der Waals surface area contributed by atoms with Crippen molar-refractivity contribution in [1.82, 2.24) is 0 Å². The molecule has 1 aromatic carbocycles. The third kappa shape index (κ3) is 3.19. The molecule has 23 heavy (non-hydrogen) atoms. The fourth-order valence-corrected chi connectivity index (χ4v) is 2.91. The number of nitrogens with zero attached hydrogens (tertiary/aromatic N) is 1. The van der Waals surface area contributed by atoms with E-state index in [0.717, 1.165) is 16.7 Å². The minimum absolute atomic E-state index is 0.190. The number of amides is 3. The van der Waals surface area contributed by atoms with Crippen molar-refractivity contribution in [3.63, 3.8) is 0 Å². The van der Waals surface area contributed by atoms with Crippen LogP contribution in [0.2, 0.25) is 0 Å². The maximum Gasteiger partial charge on any atom is 0.298 e. The highest BCUT2D eigenvalue weighted by molar-refractivity contribution is 8.19. The van der Waals surface area contributed by atoms with Gasteiger partial charge in [-0.25, -0.2) is 4.90 Å². The molecule has 0 spiro atoms. The topological polar surface area (TPSA) is 79.6 Å². The molecule has 0 unspecified atom stereocenters. The minimum Gasteiger partial charge on any atom is -0.465 e. The van der Waals surface area contributed by atoms with Crippen LogP contribution in [0.3, 0.4) is 0 Å². The van der Waals surface area contributed by atoms with E-state index < -0.39 is 5.91 Å². The van der Waals surface area contributed by atoms with Gasteiger partial charge >= 0.3 is 0 Å². The molecular weight excluding hydrogens is 316 g/mol. The van der Waals surface area contributed by atoms with Crippen LogP contribution >= 0.6 is 11.8 Å². The molecule has 2 aromatic rings. The fraction of sp³-hybridized carbons (Fsp3) is 0.0625. The number of rotatable bonds is 3. The highest BCUT2D eigenvalue weighted by atomic mass is 32.2. The average molecular weight is 328 g/mol. The van der Waals surface area contributed by atoms with E-state index in [4.69, 9.17) is 4.42 Å².